The van der Waals surface area contributed by atoms with Crippen molar-refractivity contribution in [3.63, 3.8) is 0 Å². The minimum Gasteiger partial charge on any atom is -0.346 e. The van der Waals surface area contributed by atoms with Gasteiger partial charge in [-0.05, 0) is 62.6 Å². The highest BCUT2D eigenvalue weighted by Gasteiger charge is 2.30. The third kappa shape index (κ3) is 4.93. The first-order valence-electron chi connectivity index (χ1n) is 9.45. The summed E-state index contributed by atoms with van der Waals surface area (Å²) >= 11 is 0. The van der Waals surface area contributed by atoms with E-state index in [1.54, 1.807) is 6.08 Å². The van der Waals surface area contributed by atoms with E-state index < -0.39 is 17.6 Å². The second-order valence-electron chi connectivity index (χ2n) is 7.16. The van der Waals surface area contributed by atoms with Gasteiger partial charge in [0.05, 0.1) is 12.1 Å². The molecule has 0 atom stereocenters. The van der Waals surface area contributed by atoms with Gasteiger partial charge in [0.15, 0.2) is 0 Å². The summed E-state index contributed by atoms with van der Waals surface area (Å²) in [6.45, 7) is 3.87. The van der Waals surface area contributed by atoms with Crippen LogP contribution in [0.3, 0.4) is 0 Å². The highest BCUT2D eigenvalue weighted by Crippen LogP contribution is 2.38. The molecule has 7 heteroatoms. The number of nitrogens with zero attached hydrogens (tertiary/aromatic N) is 2. The van der Waals surface area contributed by atoms with Gasteiger partial charge in [-0.2, -0.15) is 18.4 Å². The zero-order valence-electron chi connectivity index (χ0n) is 16.6. The van der Waals surface area contributed by atoms with Gasteiger partial charge in [-0.15, -0.1) is 0 Å². The highest BCUT2D eigenvalue weighted by atomic mass is 19.4. The second-order valence-corrected chi connectivity index (χ2v) is 7.16. The van der Waals surface area contributed by atoms with E-state index in [1.807, 2.05) is 26.0 Å². The van der Waals surface area contributed by atoms with Crippen molar-refractivity contribution in [1.82, 2.24) is 9.88 Å². The quantitative estimate of drug-likeness (QED) is 0.456. The fraction of sp³-hybridized carbons (Fsp3) is 0.304. The molecule has 1 aliphatic carbocycles. The van der Waals surface area contributed by atoms with Crippen LogP contribution in [0.2, 0.25) is 0 Å². The van der Waals surface area contributed by atoms with Crippen LogP contribution < -0.4 is 5.32 Å². The van der Waals surface area contributed by atoms with Gasteiger partial charge in [-0.25, -0.2) is 0 Å². The number of alkyl halides is 3. The van der Waals surface area contributed by atoms with Crippen LogP contribution in [0.4, 0.5) is 13.2 Å². The lowest BCUT2D eigenvalue weighted by molar-refractivity contribution is -0.137. The maximum absolute atomic E-state index is 12.7. The SMILES string of the molecule is Cc1cc(/C=C(\C#N)C(=O)NCC#Cc2cccc(C(F)(F)F)c2)c(C)n1C1CC1. The molecule has 1 aromatic heterocycles. The van der Waals surface area contributed by atoms with Gasteiger partial charge in [0.2, 0.25) is 0 Å². The fourth-order valence-electron chi connectivity index (χ4n) is 3.29. The van der Waals surface area contributed by atoms with E-state index in [0.29, 0.717) is 6.04 Å². The Morgan fingerprint density at radius 1 is 1.30 bits per heavy atom. The van der Waals surface area contributed by atoms with E-state index in [4.69, 9.17) is 0 Å². The summed E-state index contributed by atoms with van der Waals surface area (Å²) in [7, 11) is 0. The first kappa shape index (κ1) is 21.3. The molecule has 1 N–H and O–H groups in total. The Morgan fingerprint density at radius 3 is 2.67 bits per heavy atom. The summed E-state index contributed by atoms with van der Waals surface area (Å²) in [4.78, 5) is 12.3. The minimum atomic E-state index is -4.44. The van der Waals surface area contributed by atoms with Gasteiger partial charge in [-0.3, -0.25) is 4.79 Å². The zero-order chi connectivity index (χ0) is 21.9. The normalized spacial score (nSPS) is 13.9. The largest absolute Gasteiger partial charge is 0.416 e. The molecule has 0 aliphatic heterocycles. The van der Waals surface area contributed by atoms with Crippen LogP contribution in [0.15, 0.2) is 35.9 Å². The molecule has 0 unspecified atom stereocenters. The number of halogens is 3. The van der Waals surface area contributed by atoms with Gasteiger partial charge < -0.3 is 9.88 Å². The Hall–Kier alpha value is -3.45. The zero-order valence-corrected chi connectivity index (χ0v) is 16.6. The number of nitriles is 1. The van der Waals surface area contributed by atoms with Crippen LogP contribution in [-0.2, 0) is 11.0 Å². The maximum Gasteiger partial charge on any atom is 0.416 e. The van der Waals surface area contributed by atoms with Gasteiger partial charge in [0.25, 0.3) is 5.91 Å². The van der Waals surface area contributed by atoms with Crippen LogP contribution in [-0.4, -0.2) is 17.0 Å². The van der Waals surface area contributed by atoms with Crippen LogP contribution >= 0.6 is 0 Å². The summed E-state index contributed by atoms with van der Waals surface area (Å²) in [6, 6.07) is 9.00. The molecule has 0 saturated heterocycles. The van der Waals surface area contributed by atoms with Crippen molar-refractivity contribution in [3.05, 3.63) is 64.0 Å². The van der Waals surface area contributed by atoms with Gasteiger partial charge in [0, 0.05) is 23.0 Å². The average Bonchev–Trinajstić information content (AvgIpc) is 3.48. The molecule has 1 amide bonds. The number of amides is 1. The van der Waals surface area contributed by atoms with Crippen molar-refractivity contribution in [3.8, 4) is 17.9 Å². The van der Waals surface area contributed by atoms with Crippen LogP contribution in [0.25, 0.3) is 6.08 Å². The van der Waals surface area contributed by atoms with Crippen molar-refractivity contribution < 1.29 is 18.0 Å². The molecule has 1 saturated carbocycles. The summed E-state index contributed by atoms with van der Waals surface area (Å²) in [5.74, 6) is 4.62. The van der Waals surface area contributed by atoms with E-state index in [1.165, 1.54) is 12.1 Å². The standard InChI is InChI=1S/C23H20F3N3O/c1-15-11-18(16(2)29(15)21-8-9-21)13-19(14-27)22(30)28-10-4-6-17-5-3-7-20(12-17)23(24,25)26/h3,5,7,11-13,21H,8-10H2,1-2H3,(H,28,30)/b19-13+. The topological polar surface area (TPSA) is 57.8 Å². The number of hydrogen-bond donors (Lipinski definition) is 1. The minimum absolute atomic E-state index is 0.0492. The monoisotopic (exact) mass is 411 g/mol. The molecule has 3 rings (SSSR count). The molecular weight excluding hydrogens is 391 g/mol. The van der Waals surface area contributed by atoms with Crippen LogP contribution in [0.1, 0.15) is 47.0 Å². The van der Waals surface area contributed by atoms with E-state index in [0.717, 1.165) is 41.9 Å². The van der Waals surface area contributed by atoms with Crippen LogP contribution in [0.5, 0.6) is 0 Å². The van der Waals surface area contributed by atoms with Crippen LogP contribution in [0, 0.1) is 37.0 Å². The molecule has 30 heavy (non-hydrogen) atoms. The van der Waals surface area contributed by atoms with Crippen molar-refractivity contribution in [2.75, 3.05) is 6.54 Å². The molecule has 4 nitrogen and oxygen atoms in total. The van der Waals surface area contributed by atoms with Gasteiger partial charge in [0.1, 0.15) is 11.6 Å². The Morgan fingerprint density at radius 2 is 2.03 bits per heavy atom. The number of carbonyl (C=O) groups is 1. The summed E-state index contributed by atoms with van der Waals surface area (Å²) in [5.41, 5.74) is 2.29. The molecule has 1 aromatic carbocycles. The molecule has 154 valence electrons. The van der Waals surface area contributed by atoms with Gasteiger partial charge in [-0.1, -0.05) is 17.9 Å². The number of rotatable bonds is 4. The van der Waals surface area contributed by atoms with Crippen molar-refractivity contribution in [2.45, 2.75) is 38.9 Å². The van der Waals surface area contributed by atoms with Gasteiger partial charge >= 0.3 is 6.18 Å². The predicted molar refractivity (Wildman–Crippen MR) is 107 cm³/mol. The third-order valence-electron chi connectivity index (χ3n) is 4.86. The lowest BCUT2D eigenvalue weighted by Crippen LogP contribution is -2.24. The Kier molecular flexibility index (Phi) is 6.03. The number of aryl methyl sites for hydroxylation is 1. The predicted octanol–water partition coefficient (Wildman–Crippen LogP) is 4.53. The molecule has 1 aliphatic rings. The number of hydrogen-bond acceptors (Lipinski definition) is 2. The number of nitrogens with one attached hydrogen (secondary N) is 1. The Bertz CT molecular complexity index is 1100. The maximum atomic E-state index is 12.7. The summed E-state index contributed by atoms with van der Waals surface area (Å²) in [6.07, 6.45) is -0.616. The fourth-order valence-corrected chi connectivity index (χ4v) is 3.29. The molecule has 1 heterocycles. The molecule has 1 fully saturated rings. The second kappa shape index (κ2) is 8.51. The lowest BCUT2D eigenvalue weighted by atomic mass is 10.1. The van der Waals surface area contributed by atoms with E-state index in [9.17, 15) is 23.2 Å². The number of benzene rings is 1. The van der Waals surface area contributed by atoms with Crippen molar-refractivity contribution in [2.24, 2.45) is 0 Å². The summed E-state index contributed by atoms with van der Waals surface area (Å²) in [5, 5.41) is 11.9. The van der Waals surface area contributed by atoms with E-state index in [-0.39, 0.29) is 17.7 Å². The first-order chi connectivity index (χ1) is 14.2. The third-order valence-corrected chi connectivity index (χ3v) is 4.86. The Labute approximate surface area is 173 Å². The first-order valence-corrected chi connectivity index (χ1v) is 9.45. The molecule has 0 bridgehead atoms. The molecule has 2 aromatic rings. The smallest absolute Gasteiger partial charge is 0.346 e. The highest BCUT2D eigenvalue weighted by molar-refractivity contribution is 6.01. The molecule has 0 spiro atoms. The molecule has 0 radical (unpaired) electrons. The van der Waals surface area contributed by atoms with E-state index in [2.05, 4.69) is 21.7 Å². The number of carbonyl (C=O) groups excluding carboxylic acids is 1. The lowest BCUT2D eigenvalue weighted by Gasteiger charge is -2.06. The summed E-state index contributed by atoms with van der Waals surface area (Å²) < 4.78 is 40.4. The van der Waals surface area contributed by atoms with E-state index >= 15 is 0 Å². The Balaban J connectivity index is 1.66. The van der Waals surface area contributed by atoms with Crippen molar-refractivity contribution >= 4 is 12.0 Å². The number of aromatic nitrogens is 1. The average molecular weight is 411 g/mol. The van der Waals surface area contributed by atoms with Crippen molar-refractivity contribution in [1.29, 1.82) is 5.26 Å². The molecular formula is C23H20F3N3O.